The Morgan fingerprint density at radius 1 is 1.40 bits per heavy atom. The van der Waals surface area contributed by atoms with Crippen molar-refractivity contribution in [2.24, 2.45) is 5.92 Å². The van der Waals surface area contributed by atoms with Crippen LogP contribution in [0.25, 0.3) is 0 Å². The highest BCUT2D eigenvalue weighted by atomic mass is 16.4. The van der Waals surface area contributed by atoms with Gasteiger partial charge in [-0.3, -0.25) is 0 Å². The van der Waals surface area contributed by atoms with Gasteiger partial charge in [0, 0.05) is 6.04 Å². The maximum Gasteiger partial charge on any atom is 0.211 e. The summed E-state index contributed by atoms with van der Waals surface area (Å²) in [5, 5.41) is 3.50. The van der Waals surface area contributed by atoms with Gasteiger partial charge in [-0.2, -0.15) is 0 Å². The molecule has 15 heavy (non-hydrogen) atoms. The second-order valence-electron chi connectivity index (χ2n) is 4.37. The fraction of sp³-hybridized carbons (Fsp3) is 0.750. The molecule has 0 amide bonds. The molecule has 0 radical (unpaired) electrons. The molecule has 1 rings (SSSR count). The molecule has 0 aliphatic rings. The monoisotopic (exact) mass is 210 g/mol. The number of aryl methyl sites for hydroxylation is 1. The number of oxazole rings is 1. The van der Waals surface area contributed by atoms with Gasteiger partial charge in [0.05, 0.1) is 12.2 Å². The highest BCUT2D eigenvalue weighted by Crippen LogP contribution is 2.15. The molecule has 86 valence electrons. The smallest absolute Gasteiger partial charge is 0.211 e. The first-order valence-corrected chi connectivity index (χ1v) is 5.73. The van der Waals surface area contributed by atoms with E-state index in [1.54, 1.807) is 6.20 Å². The first-order valence-electron chi connectivity index (χ1n) is 5.73. The average molecular weight is 210 g/mol. The Balaban J connectivity index is 2.52. The summed E-state index contributed by atoms with van der Waals surface area (Å²) in [6.45, 7) is 10.7. The summed E-state index contributed by atoms with van der Waals surface area (Å²) in [5.41, 5.74) is 0. The van der Waals surface area contributed by atoms with Crippen molar-refractivity contribution in [2.75, 3.05) is 0 Å². The molecule has 0 spiro atoms. The van der Waals surface area contributed by atoms with Crippen LogP contribution in [0.3, 0.4) is 0 Å². The van der Waals surface area contributed by atoms with Crippen LogP contribution in [-0.4, -0.2) is 11.0 Å². The number of hydrogen-bond acceptors (Lipinski definition) is 3. The molecule has 0 aliphatic carbocycles. The first kappa shape index (κ1) is 12.2. The fourth-order valence-corrected chi connectivity index (χ4v) is 1.56. The van der Waals surface area contributed by atoms with Crippen LogP contribution in [0.4, 0.5) is 0 Å². The van der Waals surface area contributed by atoms with Crippen LogP contribution in [0.1, 0.15) is 51.8 Å². The molecule has 3 heteroatoms. The van der Waals surface area contributed by atoms with Crippen LogP contribution >= 0.6 is 0 Å². The lowest BCUT2D eigenvalue weighted by Crippen LogP contribution is -2.34. The van der Waals surface area contributed by atoms with Gasteiger partial charge in [0.15, 0.2) is 0 Å². The van der Waals surface area contributed by atoms with Gasteiger partial charge in [0.25, 0.3) is 0 Å². The lowest BCUT2D eigenvalue weighted by molar-refractivity contribution is 0.323. The molecule has 1 heterocycles. The maximum atomic E-state index is 5.49. The summed E-state index contributed by atoms with van der Waals surface area (Å²) in [5.74, 6) is 2.32. The summed E-state index contributed by atoms with van der Waals surface area (Å²) in [6.07, 6.45) is 2.95. The summed E-state index contributed by atoms with van der Waals surface area (Å²) >= 11 is 0. The molecule has 0 aromatic carbocycles. The fourth-order valence-electron chi connectivity index (χ4n) is 1.56. The molecule has 0 saturated carbocycles. The zero-order valence-corrected chi connectivity index (χ0v) is 10.4. The highest BCUT2D eigenvalue weighted by Gasteiger charge is 2.16. The number of nitrogens with zero attached hydrogens (tertiary/aromatic N) is 1. The van der Waals surface area contributed by atoms with Crippen molar-refractivity contribution in [2.45, 2.75) is 53.1 Å². The maximum absolute atomic E-state index is 5.49. The van der Waals surface area contributed by atoms with Crippen LogP contribution in [0.15, 0.2) is 10.6 Å². The molecule has 3 unspecified atom stereocenters. The zero-order valence-electron chi connectivity index (χ0n) is 10.4. The third kappa shape index (κ3) is 3.34. The summed E-state index contributed by atoms with van der Waals surface area (Å²) in [4.78, 5) is 4.22. The van der Waals surface area contributed by atoms with Gasteiger partial charge in [-0.15, -0.1) is 0 Å². The third-order valence-corrected chi connectivity index (χ3v) is 3.02. The molecule has 1 aromatic heterocycles. The Hall–Kier alpha value is -0.830. The Kier molecular flexibility index (Phi) is 4.33. The van der Waals surface area contributed by atoms with Crippen molar-refractivity contribution >= 4 is 0 Å². The van der Waals surface area contributed by atoms with Gasteiger partial charge >= 0.3 is 0 Å². The van der Waals surface area contributed by atoms with Gasteiger partial charge in [-0.1, -0.05) is 20.3 Å². The van der Waals surface area contributed by atoms with Crippen LogP contribution in [-0.2, 0) is 0 Å². The predicted molar refractivity (Wildman–Crippen MR) is 61.7 cm³/mol. The first-order chi connectivity index (χ1) is 7.04. The average Bonchev–Trinajstić information content (AvgIpc) is 2.63. The van der Waals surface area contributed by atoms with E-state index in [0.717, 1.165) is 11.7 Å². The van der Waals surface area contributed by atoms with Crippen molar-refractivity contribution in [1.29, 1.82) is 0 Å². The SMILES string of the molecule is CCC(C)C(C)NC(C)c1ncc(C)o1. The van der Waals surface area contributed by atoms with Crippen molar-refractivity contribution in [3.8, 4) is 0 Å². The van der Waals surface area contributed by atoms with E-state index in [0.29, 0.717) is 12.0 Å². The quantitative estimate of drug-likeness (QED) is 0.811. The van der Waals surface area contributed by atoms with E-state index in [-0.39, 0.29) is 6.04 Å². The number of rotatable bonds is 5. The van der Waals surface area contributed by atoms with Crippen LogP contribution in [0.5, 0.6) is 0 Å². The Morgan fingerprint density at radius 2 is 2.07 bits per heavy atom. The van der Waals surface area contributed by atoms with E-state index < -0.39 is 0 Å². The van der Waals surface area contributed by atoms with Gasteiger partial charge in [-0.25, -0.2) is 4.98 Å². The third-order valence-electron chi connectivity index (χ3n) is 3.02. The Bertz CT molecular complexity index is 296. The molecular weight excluding hydrogens is 188 g/mol. The minimum absolute atomic E-state index is 0.183. The van der Waals surface area contributed by atoms with E-state index in [4.69, 9.17) is 4.42 Å². The number of nitrogens with one attached hydrogen (secondary N) is 1. The van der Waals surface area contributed by atoms with Gasteiger partial charge < -0.3 is 9.73 Å². The minimum Gasteiger partial charge on any atom is -0.444 e. The van der Waals surface area contributed by atoms with Crippen molar-refractivity contribution in [1.82, 2.24) is 10.3 Å². The molecule has 3 atom stereocenters. The zero-order chi connectivity index (χ0) is 11.4. The number of aromatic nitrogens is 1. The molecule has 0 aliphatic heterocycles. The molecule has 3 nitrogen and oxygen atoms in total. The lowest BCUT2D eigenvalue weighted by atomic mass is 10.0. The number of hydrogen-bond donors (Lipinski definition) is 1. The van der Waals surface area contributed by atoms with E-state index in [2.05, 4.69) is 38.0 Å². The molecule has 1 N–H and O–H groups in total. The van der Waals surface area contributed by atoms with E-state index >= 15 is 0 Å². The lowest BCUT2D eigenvalue weighted by Gasteiger charge is -2.22. The minimum atomic E-state index is 0.183. The second kappa shape index (κ2) is 5.31. The largest absolute Gasteiger partial charge is 0.444 e. The van der Waals surface area contributed by atoms with Crippen molar-refractivity contribution < 1.29 is 4.42 Å². The van der Waals surface area contributed by atoms with Gasteiger partial charge in [-0.05, 0) is 26.7 Å². The molecule has 0 saturated heterocycles. The predicted octanol–water partition coefficient (Wildman–Crippen LogP) is 3.07. The topological polar surface area (TPSA) is 38.1 Å². The van der Waals surface area contributed by atoms with Gasteiger partial charge in [0.1, 0.15) is 5.76 Å². The molecule has 1 aromatic rings. The highest BCUT2D eigenvalue weighted by molar-refractivity contribution is 4.95. The standard InChI is InChI=1S/C12H22N2O/c1-6-8(2)10(4)14-11(5)12-13-7-9(3)15-12/h7-8,10-11,14H,6H2,1-5H3. The van der Waals surface area contributed by atoms with Crippen LogP contribution < -0.4 is 5.32 Å². The van der Waals surface area contributed by atoms with Crippen molar-refractivity contribution in [3.63, 3.8) is 0 Å². The molecular formula is C12H22N2O. The second-order valence-corrected chi connectivity index (χ2v) is 4.37. The summed E-state index contributed by atoms with van der Waals surface area (Å²) < 4.78 is 5.49. The summed E-state index contributed by atoms with van der Waals surface area (Å²) in [6, 6.07) is 0.667. The Labute approximate surface area is 92.3 Å². The summed E-state index contributed by atoms with van der Waals surface area (Å²) in [7, 11) is 0. The van der Waals surface area contributed by atoms with E-state index in [9.17, 15) is 0 Å². The van der Waals surface area contributed by atoms with E-state index in [1.807, 2.05) is 6.92 Å². The van der Waals surface area contributed by atoms with Crippen LogP contribution in [0.2, 0.25) is 0 Å². The normalized spacial score (nSPS) is 17.4. The van der Waals surface area contributed by atoms with E-state index in [1.165, 1.54) is 6.42 Å². The Morgan fingerprint density at radius 3 is 2.53 bits per heavy atom. The van der Waals surface area contributed by atoms with Gasteiger partial charge in [0.2, 0.25) is 5.89 Å². The molecule has 0 fully saturated rings. The molecule has 0 bridgehead atoms. The van der Waals surface area contributed by atoms with Crippen LogP contribution in [0, 0.1) is 12.8 Å². The van der Waals surface area contributed by atoms with Crippen molar-refractivity contribution in [3.05, 3.63) is 17.8 Å².